The Balaban J connectivity index is 1.29. The largest absolute Gasteiger partial charge is 0.416 e. The van der Waals surface area contributed by atoms with Gasteiger partial charge in [-0.05, 0) is 49.8 Å². The average Bonchev–Trinajstić information content (AvgIpc) is 3.35. The number of halogens is 3. The van der Waals surface area contributed by atoms with Crippen LogP contribution in [0.5, 0.6) is 0 Å². The van der Waals surface area contributed by atoms with Crippen LogP contribution in [0.1, 0.15) is 38.2 Å². The van der Waals surface area contributed by atoms with Crippen LogP contribution in [-0.2, 0) is 20.4 Å². The molecule has 3 aliphatic heterocycles. The number of ether oxygens (including phenoxy) is 2. The standard InChI is InChI=1S/C25H34F3N3O3/c1-16-21-14-30(19-5-3-4-17(12-19)25(26,27)28)9-10-31(21)23(32)24(16)8-6-18(13-24)29-20-7-11-34-15-22(20)33-2/h3-5,12,16,18,20-22,29H,6-11,13-15H2,1-2H3/t16?,18?,20?,21?,22?,24-/m0/s1. The fourth-order valence-corrected chi connectivity index (χ4v) is 6.72. The summed E-state index contributed by atoms with van der Waals surface area (Å²) in [5.41, 5.74) is -0.447. The number of hydrogen-bond donors (Lipinski definition) is 1. The normalized spacial score (nSPS) is 36.4. The van der Waals surface area contributed by atoms with Crippen molar-refractivity contribution in [1.82, 2.24) is 10.2 Å². The number of carbonyl (C=O) groups excluding carboxylic acids is 1. The first kappa shape index (κ1) is 23.9. The highest BCUT2D eigenvalue weighted by Gasteiger charge is 2.60. The van der Waals surface area contributed by atoms with E-state index >= 15 is 0 Å². The number of fused-ring (bicyclic) bond motifs is 1. The van der Waals surface area contributed by atoms with Gasteiger partial charge in [0.2, 0.25) is 5.91 Å². The van der Waals surface area contributed by atoms with Gasteiger partial charge in [0, 0.05) is 51.1 Å². The number of rotatable bonds is 4. The lowest BCUT2D eigenvalue weighted by atomic mass is 9.74. The molecule has 1 aromatic carbocycles. The monoisotopic (exact) mass is 481 g/mol. The first-order valence-electron chi connectivity index (χ1n) is 12.3. The highest BCUT2D eigenvalue weighted by atomic mass is 19.4. The van der Waals surface area contributed by atoms with E-state index in [1.807, 2.05) is 9.80 Å². The van der Waals surface area contributed by atoms with Crippen LogP contribution < -0.4 is 10.2 Å². The van der Waals surface area contributed by atoms with Gasteiger partial charge in [-0.2, -0.15) is 13.2 Å². The van der Waals surface area contributed by atoms with Crippen LogP contribution in [0.15, 0.2) is 24.3 Å². The van der Waals surface area contributed by atoms with Gasteiger partial charge < -0.3 is 24.6 Å². The molecule has 1 aromatic rings. The molecule has 6 atom stereocenters. The summed E-state index contributed by atoms with van der Waals surface area (Å²) in [6, 6.07) is 6.03. The summed E-state index contributed by atoms with van der Waals surface area (Å²) < 4.78 is 50.8. The van der Waals surface area contributed by atoms with Crippen LogP contribution in [0.2, 0.25) is 0 Å². The zero-order valence-electron chi connectivity index (χ0n) is 19.8. The Morgan fingerprint density at radius 2 is 2.06 bits per heavy atom. The van der Waals surface area contributed by atoms with Gasteiger partial charge in [0.15, 0.2) is 0 Å². The van der Waals surface area contributed by atoms with E-state index in [4.69, 9.17) is 9.47 Å². The maximum absolute atomic E-state index is 13.6. The zero-order chi connectivity index (χ0) is 24.1. The number of amides is 1. The van der Waals surface area contributed by atoms with E-state index < -0.39 is 11.7 Å². The van der Waals surface area contributed by atoms with Crippen molar-refractivity contribution < 1.29 is 27.4 Å². The van der Waals surface area contributed by atoms with Crippen molar-refractivity contribution in [3.8, 4) is 0 Å². The molecule has 0 bridgehead atoms. The van der Waals surface area contributed by atoms with Gasteiger partial charge in [0.25, 0.3) is 0 Å². The van der Waals surface area contributed by atoms with Gasteiger partial charge >= 0.3 is 6.18 Å². The molecule has 0 radical (unpaired) electrons. The van der Waals surface area contributed by atoms with Crippen LogP contribution >= 0.6 is 0 Å². The van der Waals surface area contributed by atoms with Crippen molar-refractivity contribution >= 4 is 11.6 Å². The lowest BCUT2D eigenvalue weighted by Crippen LogP contribution is -2.53. The van der Waals surface area contributed by atoms with Gasteiger partial charge in [-0.15, -0.1) is 0 Å². The van der Waals surface area contributed by atoms with Crippen LogP contribution in [-0.4, -0.2) is 75.0 Å². The maximum atomic E-state index is 13.6. The number of methoxy groups -OCH3 is 1. The first-order valence-corrected chi connectivity index (χ1v) is 12.3. The van der Waals surface area contributed by atoms with Crippen LogP contribution in [0, 0.1) is 11.3 Å². The predicted octanol–water partition coefficient (Wildman–Crippen LogP) is 3.30. The summed E-state index contributed by atoms with van der Waals surface area (Å²) in [5.74, 6) is 0.376. The molecule has 0 aromatic heterocycles. The van der Waals surface area contributed by atoms with Crippen LogP contribution in [0.3, 0.4) is 0 Å². The molecule has 34 heavy (non-hydrogen) atoms. The fourth-order valence-electron chi connectivity index (χ4n) is 6.72. The topological polar surface area (TPSA) is 54.0 Å². The third kappa shape index (κ3) is 4.09. The molecule has 4 aliphatic rings. The second kappa shape index (κ2) is 8.99. The van der Waals surface area contributed by atoms with E-state index in [1.165, 1.54) is 12.1 Å². The van der Waals surface area contributed by atoms with Crippen molar-refractivity contribution in [2.75, 3.05) is 44.9 Å². The Morgan fingerprint density at radius 3 is 2.82 bits per heavy atom. The van der Waals surface area contributed by atoms with E-state index in [9.17, 15) is 18.0 Å². The molecular weight excluding hydrogens is 447 g/mol. The van der Waals surface area contributed by atoms with Crippen molar-refractivity contribution in [1.29, 1.82) is 0 Å². The Bertz CT molecular complexity index is 913. The number of nitrogens with one attached hydrogen (secondary N) is 1. The minimum Gasteiger partial charge on any atom is -0.379 e. The Labute approximate surface area is 198 Å². The molecule has 3 heterocycles. The highest BCUT2D eigenvalue weighted by molar-refractivity contribution is 5.87. The third-order valence-corrected chi connectivity index (χ3v) is 8.70. The summed E-state index contributed by atoms with van der Waals surface area (Å²) >= 11 is 0. The fraction of sp³-hybridized carbons (Fsp3) is 0.720. The maximum Gasteiger partial charge on any atom is 0.416 e. The Hall–Kier alpha value is -1.84. The van der Waals surface area contributed by atoms with Crippen molar-refractivity contribution in [2.45, 2.75) is 63.0 Å². The predicted molar refractivity (Wildman–Crippen MR) is 122 cm³/mol. The molecule has 6 nitrogen and oxygen atoms in total. The van der Waals surface area contributed by atoms with Gasteiger partial charge in [-0.3, -0.25) is 4.79 Å². The zero-order valence-corrected chi connectivity index (χ0v) is 19.8. The van der Waals surface area contributed by atoms with Gasteiger partial charge in [-0.25, -0.2) is 0 Å². The quantitative estimate of drug-likeness (QED) is 0.715. The van der Waals surface area contributed by atoms with E-state index in [1.54, 1.807) is 13.2 Å². The number of hydrogen-bond acceptors (Lipinski definition) is 5. The second-order valence-electron chi connectivity index (χ2n) is 10.4. The summed E-state index contributed by atoms with van der Waals surface area (Å²) in [6.45, 7) is 5.13. The molecule has 5 unspecified atom stereocenters. The summed E-state index contributed by atoms with van der Waals surface area (Å²) in [4.78, 5) is 17.7. The lowest BCUT2D eigenvalue weighted by molar-refractivity contribution is -0.138. The van der Waals surface area contributed by atoms with Gasteiger partial charge in [0.1, 0.15) is 0 Å². The first-order chi connectivity index (χ1) is 16.2. The molecule has 1 aliphatic carbocycles. The number of alkyl halides is 3. The molecule has 1 N–H and O–H groups in total. The van der Waals surface area contributed by atoms with Crippen molar-refractivity contribution in [3.05, 3.63) is 29.8 Å². The van der Waals surface area contributed by atoms with E-state index in [0.29, 0.717) is 38.5 Å². The number of piperazine rings is 1. The SMILES string of the molecule is COC1COCCC1NC1CC[C@@]2(C1)C(=O)N1CCN(c3cccc(C(F)(F)F)c3)CC1C2C. The number of benzene rings is 1. The van der Waals surface area contributed by atoms with Gasteiger partial charge in [-0.1, -0.05) is 13.0 Å². The summed E-state index contributed by atoms with van der Waals surface area (Å²) in [6.07, 6.45) is -0.848. The molecule has 3 saturated heterocycles. The Kier molecular flexibility index (Phi) is 6.31. The minimum absolute atomic E-state index is 0.0179. The molecule has 1 spiro atoms. The number of nitrogens with zero attached hydrogens (tertiary/aromatic N) is 2. The van der Waals surface area contributed by atoms with Crippen LogP contribution in [0.4, 0.5) is 18.9 Å². The highest BCUT2D eigenvalue weighted by Crippen LogP contribution is 2.53. The lowest BCUT2D eigenvalue weighted by Gasteiger charge is -2.40. The third-order valence-electron chi connectivity index (χ3n) is 8.70. The summed E-state index contributed by atoms with van der Waals surface area (Å²) in [5, 5.41) is 3.75. The second-order valence-corrected chi connectivity index (χ2v) is 10.4. The van der Waals surface area contributed by atoms with E-state index in [2.05, 4.69) is 12.2 Å². The molecule has 5 rings (SSSR count). The molecule has 9 heteroatoms. The van der Waals surface area contributed by atoms with Crippen molar-refractivity contribution in [3.63, 3.8) is 0 Å². The minimum atomic E-state index is -4.36. The summed E-state index contributed by atoms with van der Waals surface area (Å²) in [7, 11) is 1.71. The van der Waals surface area contributed by atoms with E-state index in [-0.39, 0.29) is 41.5 Å². The Morgan fingerprint density at radius 1 is 1.24 bits per heavy atom. The number of anilines is 1. The molecule has 4 fully saturated rings. The number of carbonyl (C=O) groups is 1. The molecular formula is C25H34F3N3O3. The average molecular weight is 482 g/mol. The van der Waals surface area contributed by atoms with Crippen molar-refractivity contribution in [2.24, 2.45) is 11.3 Å². The van der Waals surface area contributed by atoms with Crippen LogP contribution in [0.25, 0.3) is 0 Å². The van der Waals surface area contributed by atoms with E-state index in [0.717, 1.165) is 31.7 Å². The molecule has 1 saturated carbocycles. The smallest absolute Gasteiger partial charge is 0.379 e. The van der Waals surface area contributed by atoms with Gasteiger partial charge in [0.05, 0.1) is 29.7 Å². The molecule has 1 amide bonds. The molecule has 188 valence electrons.